The normalized spacial score (nSPS) is 12.8. The van der Waals surface area contributed by atoms with Gasteiger partial charge in [0.1, 0.15) is 6.10 Å². The summed E-state index contributed by atoms with van der Waals surface area (Å²) in [5.41, 5.74) is 0. The number of nitrogens with zero attached hydrogens (tertiary/aromatic N) is 1. The van der Waals surface area contributed by atoms with Crippen LogP contribution in [0.4, 0.5) is 0 Å². The predicted octanol–water partition coefficient (Wildman–Crippen LogP) is 2.44. The number of methoxy groups -OCH3 is 1. The van der Waals surface area contributed by atoms with E-state index in [2.05, 4.69) is 15.6 Å². The second-order valence-electron chi connectivity index (χ2n) is 5.73. The summed E-state index contributed by atoms with van der Waals surface area (Å²) >= 11 is 0. The maximum atomic E-state index is 5.91. The summed E-state index contributed by atoms with van der Waals surface area (Å²) in [6, 6.07) is 7.63. The topological polar surface area (TPSA) is 64.1 Å². The lowest BCUT2D eigenvalue weighted by atomic mass is 10.3. The molecule has 136 valence electrons. The molecule has 0 amide bonds. The molecule has 2 N–H and O–H groups in total. The first kappa shape index (κ1) is 20.1. The number of benzene rings is 1. The van der Waals surface area contributed by atoms with E-state index in [0.717, 1.165) is 37.0 Å². The zero-order valence-electron chi connectivity index (χ0n) is 15.5. The molecule has 0 radical (unpaired) electrons. The van der Waals surface area contributed by atoms with E-state index in [1.165, 1.54) is 0 Å². The highest BCUT2D eigenvalue weighted by Gasteiger charge is 2.09. The smallest absolute Gasteiger partial charge is 0.191 e. The molecular formula is C18H31N3O3. The Kier molecular flexibility index (Phi) is 9.68. The molecule has 0 saturated carbocycles. The second kappa shape index (κ2) is 11.6. The van der Waals surface area contributed by atoms with Crippen molar-refractivity contribution in [3.8, 4) is 11.5 Å². The highest BCUT2D eigenvalue weighted by atomic mass is 16.5. The summed E-state index contributed by atoms with van der Waals surface area (Å²) in [5.74, 6) is 2.23. The van der Waals surface area contributed by atoms with Crippen molar-refractivity contribution < 1.29 is 14.2 Å². The average molecular weight is 337 g/mol. The Labute approximate surface area is 145 Å². The average Bonchev–Trinajstić information content (AvgIpc) is 2.57. The zero-order chi connectivity index (χ0) is 17.8. The molecule has 0 spiro atoms. The first-order valence-electron chi connectivity index (χ1n) is 8.42. The van der Waals surface area contributed by atoms with Crippen LogP contribution in [0.2, 0.25) is 0 Å². The van der Waals surface area contributed by atoms with Crippen molar-refractivity contribution in [1.82, 2.24) is 10.6 Å². The molecule has 6 nitrogen and oxygen atoms in total. The SMILES string of the molecule is CN=C(NCCCOC(C)C)NCC(C)Oc1ccccc1OC. The van der Waals surface area contributed by atoms with E-state index in [9.17, 15) is 0 Å². The lowest BCUT2D eigenvalue weighted by Gasteiger charge is -2.19. The fourth-order valence-corrected chi connectivity index (χ4v) is 2.03. The summed E-state index contributed by atoms with van der Waals surface area (Å²) in [6.07, 6.45) is 1.19. The monoisotopic (exact) mass is 337 g/mol. The van der Waals surface area contributed by atoms with Crippen LogP contribution in [0.15, 0.2) is 29.3 Å². The van der Waals surface area contributed by atoms with Crippen LogP contribution in [0.5, 0.6) is 11.5 Å². The van der Waals surface area contributed by atoms with Crippen molar-refractivity contribution in [2.24, 2.45) is 4.99 Å². The Morgan fingerprint density at radius 2 is 1.83 bits per heavy atom. The fourth-order valence-electron chi connectivity index (χ4n) is 2.03. The Morgan fingerprint density at radius 1 is 1.12 bits per heavy atom. The Morgan fingerprint density at radius 3 is 2.46 bits per heavy atom. The van der Waals surface area contributed by atoms with Crippen LogP contribution < -0.4 is 20.1 Å². The van der Waals surface area contributed by atoms with Crippen LogP contribution in [-0.4, -0.2) is 52.0 Å². The van der Waals surface area contributed by atoms with E-state index >= 15 is 0 Å². The van der Waals surface area contributed by atoms with Crippen LogP contribution in [-0.2, 0) is 4.74 Å². The summed E-state index contributed by atoms with van der Waals surface area (Å²) < 4.78 is 16.7. The molecule has 0 bridgehead atoms. The fraction of sp³-hybridized carbons (Fsp3) is 0.611. The largest absolute Gasteiger partial charge is 0.493 e. The maximum absolute atomic E-state index is 5.91. The molecule has 0 aliphatic heterocycles. The molecule has 0 aliphatic carbocycles. The van der Waals surface area contributed by atoms with E-state index in [4.69, 9.17) is 14.2 Å². The van der Waals surface area contributed by atoms with Crippen molar-refractivity contribution >= 4 is 5.96 Å². The van der Waals surface area contributed by atoms with Crippen LogP contribution in [0.3, 0.4) is 0 Å². The van der Waals surface area contributed by atoms with Crippen molar-refractivity contribution in [2.45, 2.75) is 39.4 Å². The number of rotatable bonds is 10. The van der Waals surface area contributed by atoms with Crippen LogP contribution >= 0.6 is 0 Å². The molecular weight excluding hydrogens is 306 g/mol. The quantitative estimate of drug-likeness (QED) is 0.390. The molecule has 1 aromatic rings. The number of para-hydroxylation sites is 2. The van der Waals surface area contributed by atoms with Gasteiger partial charge < -0.3 is 24.8 Å². The van der Waals surface area contributed by atoms with E-state index in [1.807, 2.05) is 45.0 Å². The lowest BCUT2D eigenvalue weighted by Crippen LogP contribution is -2.42. The van der Waals surface area contributed by atoms with Gasteiger partial charge in [0.15, 0.2) is 17.5 Å². The minimum atomic E-state index is -0.0240. The van der Waals surface area contributed by atoms with Gasteiger partial charge in [0, 0.05) is 20.2 Å². The first-order valence-corrected chi connectivity index (χ1v) is 8.42. The van der Waals surface area contributed by atoms with Crippen molar-refractivity contribution in [1.29, 1.82) is 0 Å². The Balaban J connectivity index is 2.29. The summed E-state index contributed by atoms with van der Waals surface area (Å²) in [4.78, 5) is 4.21. The molecule has 0 fully saturated rings. The number of aliphatic imine (C=N–C) groups is 1. The first-order chi connectivity index (χ1) is 11.6. The number of ether oxygens (including phenoxy) is 3. The minimum Gasteiger partial charge on any atom is -0.493 e. The molecule has 0 heterocycles. The van der Waals surface area contributed by atoms with Gasteiger partial charge in [0.25, 0.3) is 0 Å². The number of hydrogen-bond donors (Lipinski definition) is 2. The van der Waals surface area contributed by atoms with Crippen molar-refractivity contribution in [2.75, 3.05) is 33.9 Å². The number of guanidine groups is 1. The van der Waals surface area contributed by atoms with Gasteiger partial charge in [0.05, 0.1) is 19.8 Å². The van der Waals surface area contributed by atoms with Crippen molar-refractivity contribution in [3.63, 3.8) is 0 Å². The zero-order valence-corrected chi connectivity index (χ0v) is 15.5. The standard InChI is InChI=1S/C18H31N3O3/c1-14(2)23-12-8-11-20-18(19-4)21-13-15(3)24-17-10-7-6-9-16(17)22-5/h6-7,9-10,14-15H,8,11-13H2,1-5H3,(H2,19,20,21). The molecule has 6 heteroatoms. The van der Waals surface area contributed by atoms with E-state index in [-0.39, 0.29) is 12.2 Å². The van der Waals surface area contributed by atoms with E-state index < -0.39 is 0 Å². The number of nitrogens with one attached hydrogen (secondary N) is 2. The molecule has 0 saturated heterocycles. The van der Waals surface area contributed by atoms with E-state index in [1.54, 1.807) is 14.2 Å². The Hall–Kier alpha value is -1.95. The molecule has 1 atom stereocenters. The van der Waals surface area contributed by atoms with Crippen LogP contribution in [0.1, 0.15) is 27.2 Å². The van der Waals surface area contributed by atoms with Gasteiger partial charge in [-0.15, -0.1) is 0 Å². The van der Waals surface area contributed by atoms with Crippen LogP contribution in [0.25, 0.3) is 0 Å². The van der Waals surface area contributed by atoms with Gasteiger partial charge >= 0.3 is 0 Å². The van der Waals surface area contributed by atoms with Gasteiger partial charge in [-0.2, -0.15) is 0 Å². The summed E-state index contributed by atoms with van der Waals surface area (Å²) in [5, 5.41) is 6.52. The summed E-state index contributed by atoms with van der Waals surface area (Å²) in [7, 11) is 3.39. The molecule has 1 aromatic carbocycles. The van der Waals surface area contributed by atoms with Gasteiger partial charge in [-0.25, -0.2) is 0 Å². The highest BCUT2D eigenvalue weighted by molar-refractivity contribution is 5.79. The van der Waals surface area contributed by atoms with Gasteiger partial charge in [-0.1, -0.05) is 12.1 Å². The molecule has 1 unspecified atom stereocenters. The molecule has 1 rings (SSSR count). The molecule has 0 aliphatic rings. The van der Waals surface area contributed by atoms with Crippen molar-refractivity contribution in [3.05, 3.63) is 24.3 Å². The lowest BCUT2D eigenvalue weighted by molar-refractivity contribution is 0.0776. The third-order valence-corrected chi connectivity index (χ3v) is 3.24. The number of hydrogen-bond acceptors (Lipinski definition) is 4. The molecule has 0 aromatic heterocycles. The van der Waals surface area contributed by atoms with E-state index in [0.29, 0.717) is 6.54 Å². The summed E-state index contributed by atoms with van der Waals surface area (Å²) in [6.45, 7) is 8.28. The maximum Gasteiger partial charge on any atom is 0.191 e. The van der Waals surface area contributed by atoms with Gasteiger partial charge in [-0.05, 0) is 39.3 Å². The Bertz CT molecular complexity index is 492. The predicted molar refractivity (Wildman–Crippen MR) is 98.2 cm³/mol. The van der Waals surface area contributed by atoms with Crippen LogP contribution in [0, 0.1) is 0 Å². The van der Waals surface area contributed by atoms with Gasteiger partial charge in [-0.3, -0.25) is 4.99 Å². The third-order valence-electron chi connectivity index (χ3n) is 3.24. The second-order valence-corrected chi connectivity index (χ2v) is 5.73. The molecule has 24 heavy (non-hydrogen) atoms. The van der Waals surface area contributed by atoms with Gasteiger partial charge in [0.2, 0.25) is 0 Å². The minimum absolute atomic E-state index is 0.0240. The highest BCUT2D eigenvalue weighted by Crippen LogP contribution is 2.26. The third kappa shape index (κ3) is 8.06.